The lowest BCUT2D eigenvalue weighted by Crippen LogP contribution is -2.69. The number of rotatable bonds is 6. The molecule has 47 heavy (non-hydrogen) atoms. The Morgan fingerprint density at radius 3 is 2.40 bits per heavy atom. The standard InChI is InChI=1S/C34H50O13/c1-17-29(47-30-28(40)27(39)24(37)15-44-30)23(36)12-26(45-17)46-19-3-8-32(16-35)21-4-7-31(2)20(18-11-25(38)43-14-18)6-10-34(31,42)22(21)5-9-33(32,41)13-19/h11,16-17,19-24,26-30,36-37,39-42H,3-10,12-15H2,1-2H3/t17-,19-,20+,21-,22+,23-,24+,26-,27-,28-,29-,30-,31+,32-,33-,34-/m0/s1. The van der Waals surface area contributed by atoms with Crippen LogP contribution >= 0.6 is 0 Å². The van der Waals surface area contributed by atoms with Gasteiger partial charge in [-0.3, -0.25) is 0 Å². The molecule has 7 rings (SSSR count). The zero-order valence-electron chi connectivity index (χ0n) is 27.1. The fraction of sp³-hybridized carbons (Fsp3) is 0.882. The molecule has 13 nitrogen and oxygen atoms in total. The van der Waals surface area contributed by atoms with Crippen LogP contribution in [0, 0.1) is 28.6 Å². The lowest BCUT2D eigenvalue weighted by atomic mass is 9.41. The summed E-state index contributed by atoms with van der Waals surface area (Å²) in [6.07, 6.45) is -1.89. The van der Waals surface area contributed by atoms with Crippen molar-refractivity contribution in [3.63, 3.8) is 0 Å². The molecule has 4 aliphatic carbocycles. The van der Waals surface area contributed by atoms with E-state index >= 15 is 0 Å². The second kappa shape index (κ2) is 12.1. The molecule has 3 heterocycles. The molecule has 0 aromatic rings. The number of esters is 1. The molecular formula is C34H50O13. The van der Waals surface area contributed by atoms with E-state index in [1.54, 1.807) is 13.0 Å². The molecule has 0 spiro atoms. The van der Waals surface area contributed by atoms with Gasteiger partial charge in [-0.2, -0.15) is 0 Å². The molecule has 13 heteroatoms. The molecule has 0 bridgehead atoms. The highest BCUT2D eigenvalue weighted by Gasteiger charge is 2.71. The second-order valence-electron chi connectivity index (χ2n) is 15.7. The van der Waals surface area contributed by atoms with E-state index in [-0.39, 0.29) is 49.8 Å². The maximum absolute atomic E-state index is 13.1. The summed E-state index contributed by atoms with van der Waals surface area (Å²) in [5.74, 6) is -0.635. The van der Waals surface area contributed by atoms with Crippen LogP contribution in [-0.2, 0) is 33.3 Å². The first-order chi connectivity index (χ1) is 22.2. The Morgan fingerprint density at radius 2 is 1.70 bits per heavy atom. The summed E-state index contributed by atoms with van der Waals surface area (Å²) >= 11 is 0. The van der Waals surface area contributed by atoms with Crippen molar-refractivity contribution in [1.29, 1.82) is 0 Å². The van der Waals surface area contributed by atoms with Gasteiger partial charge in [-0.1, -0.05) is 6.92 Å². The van der Waals surface area contributed by atoms with Gasteiger partial charge in [0, 0.05) is 24.3 Å². The number of fused-ring (bicyclic) bond motifs is 5. The van der Waals surface area contributed by atoms with Gasteiger partial charge in [-0.25, -0.2) is 4.79 Å². The largest absolute Gasteiger partial charge is 0.458 e. The van der Waals surface area contributed by atoms with Crippen LogP contribution in [0.15, 0.2) is 11.6 Å². The Balaban J connectivity index is 1.01. The van der Waals surface area contributed by atoms with Gasteiger partial charge in [0.25, 0.3) is 0 Å². The highest BCUT2D eigenvalue weighted by molar-refractivity contribution is 5.85. The molecule has 0 aromatic heterocycles. The summed E-state index contributed by atoms with van der Waals surface area (Å²) in [6.45, 7) is 3.86. The minimum absolute atomic E-state index is 0.0370. The second-order valence-corrected chi connectivity index (χ2v) is 15.7. The molecule has 264 valence electrons. The summed E-state index contributed by atoms with van der Waals surface area (Å²) in [7, 11) is 0. The number of hydrogen-bond acceptors (Lipinski definition) is 13. The molecule has 6 N–H and O–H groups in total. The zero-order valence-corrected chi connectivity index (χ0v) is 27.1. The summed E-state index contributed by atoms with van der Waals surface area (Å²) in [5, 5.41) is 65.7. The lowest BCUT2D eigenvalue weighted by Gasteiger charge is -2.65. The smallest absolute Gasteiger partial charge is 0.331 e. The van der Waals surface area contributed by atoms with Gasteiger partial charge < -0.3 is 59.1 Å². The Kier molecular flexibility index (Phi) is 8.72. The Hall–Kier alpha value is -1.52. The first-order valence-electron chi connectivity index (χ1n) is 17.3. The van der Waals surface area contributed by atoms with Gasteiger partial charge in [0.2, 0.25) is 0 Å². The molecule has 6 fully saturated rings. The molecule has 2 saturated heterocycles. The van der Waals surface area contributed by atoms with Crippen LogP contribution in [0.2, 0.25) is 0 Å². The maximum atomic E-state index is 13.1. The van der Waals surface area contributed by atoms with Gasteiger partial charge in [-0.05, 0) is 81.6 Å². The number of carbonyl (C=O) groups excluding carboxylic acids is 2. The van der Waals surface area contributed by atoms with Crippen LogP contribution in [0.25, 0.3) is 0 Å². The molecule has 3 aliphatic heterocycles. The van der Waals surface area contributed by atoms with Crippen LogP contribution in [0.1, 0.15) is 78.1 Å². The maximum Gasteiger partial charge on any atom is 0.331 e. The monoisotopic (exact) mass is 666 g/mol. The van der Waals surface area contributed by atoms with Crippen molar-refractivity contribution in [2.24, 2.45) is 28.6 Å². The van der Waals surface area contributed by atoms with Gasteiger partial charge >= 0.3 is 5.97 Å². The number of aliphatic hydroxyl groups is 6. The normalized spacial score (nSPS) is 54.6. The molecule has 16 atom stereocenters. The molecule has 0 amide bonds. The zero-order chi connectivity index (χ0) is 33.5. The molecule has 0 aromatic carbocycles. The van der Waals surface area contributed by atoms with Crippen molar-refractivity contribution < 1.29 is 63.9 Å². The van der Waals surface area contributed by atoms with Crippen LogP contribution < -0.4 is 0 Å². The SMILES string of the molecule is C[C@@H]1O[C@@H](O[C@H]2CC[C@]3(C=O)[C@H]4CC[C@]5(C)[C@@H](C6=CC(=O)OC6)CC[C@]5(O)[C@@H]4CC[C@]3(O)C2)C[C@H](O)[C@H]1O[C@@H]1OC[C@@H](O)[C@H](O)[C@@H]1O. The molecule has 0 unspecified atom stereocenters. The van der Waals surface area contributed by atoms with Crippen LogP contribution in [0.3, 0.4) is 0 Å². The molecule has 0 radical (unpaired) electrons. The summed E-state index contributed by atoms with van der Waals surface area (Å²) < 4.78 is 28.7. The minimum atomic E-state index is -1.50. The highest BCUT2D eigenvalue weighted by Crippen LogP contribution is 2.70. The Labute approximate surface area is 274 Å². The van der Waals surface area contributed by atoms with Crippen molar-refractivity contribution in [3.8, 4) is 0 Å². The van der Waals surface area contributed by atoms with E-state index in [9.17, 15) is 40.2 Å². The first kappa shape index (κ1) is 34.0. The van der Waals surface area contributed by atoms with Crippen molar-refractivity contribution >= 4 is 12.3 Å². The molecular weight excluding hydrogens is 616 g/mol. The number of carbonyl (C=O) groups is 2. The average molecular weight is 667 g/mol. The van der Waals surface area contributed by atoms with Crippen LogP contribution in [-0.4, -0.2) is 123 Å². The molecule has 7 aliphatic rings. The predicted molar refractivity (Wildman–Crippen MR) is 160 cm³/mol. The van der Waals surface area contributed by atoms with Gasteiger partial charge in [0.05, 0.1) is 41.5 Å². The lowest BCUT2D eigenvalue weighted by molar-refractivity contribution is -0.331. The van der Waals surface area contributed by atoms with E-state index in [4.69, 9.17) is 23.7 Å². The van der Waals surface area contributed by atoms with E-state index in [2.05, 4.69) is 6.92 Å². The third-order valence-corrected chi connectivity index (χ3v) is 13.6. The quantitative estimate of drug-likeness (QED) is 0.128. The van der Waals surface area contributed by atoms with Crippen molar-refractivity contribution in [3.05, 3.63) is 11.6 Å². The summed E-state index contributed by atoms with van der Waals surface area (Å²) in [5.41, 5.74) is -2.86. The van der Waals surface area contributed by atoms with Gasteiger partial charge in [0.15, 0.2) is 12.6 Å². The number of cyclic esters (lactones) is 1. The predicted octanol–water partition coefficient (Wildman–Crippen LogP) is 0.243. The van der Waals surface area contributed by atoms with E-state index in [0.717, 1.165) is 18.3 Å². The van der Waals surface area contributed by atoms with E-state index < -0.39 is 77.3 Å². The van der Waals surface area contributed by atoms with Crippen molar-refractivity contribution in [2.45, 2.75) is 145 Å². The first-order valence-corrected chi connectivity index (χ1v) is 17.3. The van der Waals surface area contributed by atoms with E-state index in [1.807, 2.05) is 0 Å². The highest BCUT2D eigenvalue weighted by atomic mass is 16.7. The van der Waals surface area contributed by atoms with Crippen LogP contribution in [0.4, 0.5) is 0 Å². The average Bonchev–Trinajstić information content (AvgIpc) is 3.57. The number of hydrogen-bond donors (Lipinski definition) is 6. The number of ether oxygens (including phenoxy) is 5. The third-order valence-electron chi connectivity index (χ3n) is 13.6. The molecule has 4 saturated carbocycles. The van der Waals surface area contributed by atoms with Crippen LogP contribution in [0.5, 0.6) is 0 Å². The van der Waals surface area contributed by atoms with E-state index in [0.29, 0.717) is 44.9 Å². The Bertz CT molecular complexity index is 1250. The fourth-order valence-electron chi connectivity index (χ4n) is 11.0. The third kappa shape index (κ3) is 5.18. The number of aldehydes is 1. The van der Waals surface area contributed by atoms with Gasteiger partial charge in [0.1, 0.15) is 37.3 Å². The fourth-order valence-corrected chi connectivity index (χ4v) is 11.0. The summed E-state index contributed by atoms with van der Waals surface area (Å²) in [6, 6.07) is 0. The van der Waals surface area contributed by atoms with Crippen molar-refractivity contribution in [2.75, 3.05) is 13.2 Å². The minimum Gasteiger partial charge on any atom is -0.458 e. The summed E-state index contributed by atoms with van der Waals surface area (Å²) in [4.78, 5) is 25.0. The number of aliphatic hydroxyl groups excluding tert-OH is 4. The van der Waals surface area contributed by atoms with Crippen molar-refractivity contribution in [1.82, 2.24) is 0 Å². The Morgan fingerprint density at radius 1 is 0.936 bits per heavy atom. The topological polar surface area (TPSA) is 202 Å². The van der Waals surface area contributed by atoms with E-state index in [1.165, 1.54) is 0 Å². The van der Waals surface area contributed by atoms with Gasteiger partial charge in [-0.15, -0.1) is 0 Å².